The van der Waals surface area contributed by atoms with Gasteiger partial charge in [-0.3, -0.25) is 14.5 Å². The van der Waals surface area contributed by atoms with E-state index in [0.29, 0.717) is 5.69 Å². The van der Waals surface area contributed by atoms with E-state index >= 15 is 0 Å². The molecule has 2 aromatic rings. The van der Waals surface area contributed by atoms with Crippen molar-refractivity contribution in [3.8, 4) is 0 Å². The van der Waals surface area contributed by atoms with Crippen LogP contribution in [0.2, 0.25) is 0 Å². The molecule has 11 heteroatoms. The summed E-state index contributed by atoms with van der Waals surface area (Å²) in [7, 11) is 0. The topological polar surface area (TPSA) is 79.5 Å². The molecule has 3 rings (SSSR count). The molecule has 0 aliphatic carbocycles. The first-order valence-corrected chi connectivity index (χ1v) is 10.7. The molecular formula is C21H22F4N4O2S. The molecule has 2 heterocycles. The minimum Gasteiger partial charge on any atom is -0.339 e. The molecule has 2 N–H and O–H groups in total. The molecule has 0 bridgehead atoms. The summed E-state index contributed by atoms with van der Waals surface area (Å²) in [6.07, 6.45) is -1.90. The molecule has 0 radical (unpaired) electrons. The molecule has 1 saturated heterocycles. The van der Waals surface area contributed by atoms with E-state index in [1.165, 1.54) is 42.2 Å². The first kappa shape index (κ1) is 23.9. The zero-order chi connectivity index (χ0) is 23.5. The first-order chi connectivity index (χ1) is 15.1. The maximum Gasteiger partial charge on any atom is 0.392 e. The molecular weight excluding hydrogens is 448 g/mol. The number of hydrogen-bond donors (Lipinski definition) is 1. The number of benzene rings is 1. The summed E-state index contributed by atoms with van der Waals surface area (Å²) in [6, 6.07) is 5.79. The summed E-state index contributed by atoms with van der Waals surface area (Å²) in [4.78, 5) is 31.3. The van der Waals surface area contributed by atoms with Crippen LogP contribution in [-0.2, 0) is 9.59 Å². The average molecular weight is 470 g/mol. The predicted octanol–water partition coefficient (Wildman–Crippen LogP) is 3.97. The molecule has 2 atom stereocenters. The second-order valence-electron chi connectivity index (χ2n) is 7.41. The van der Waals surface area contributed by atoms with Crippen molar-refractivity contribution in [1.82, 2.24) is 9.88 Å². The summed E-state index contributed by atoms with van der Waals surface area (Å²) < 4.78 is 53.5. The van der Waals surface area contributed by atoms with Gasteiger partial charge in [-0.2, -0.15) is 13.2 Å². The van der Waals surface area contributed by atoms with Gasteiger partial charge in [0, 0.05) is 37.4 Å². The Labute approximate surface area is 186 Å². The van der Waals surface area contributed by atoms with E-state index in [4.69, 9.17) is 5.73 Å². The second kappa shape index (κ2) is 9.78. The molecule has 1 aliphatic heterocycles. The Balaban J connectivity index is 1.71. The standard InChI is InChI=1S/C21H22F4N4O2S/c1-13(30)29(18-5-3-2-4-17(18)22)20-27-15(12-32-20)6-7-19(31)28-9-8-16(21(23,24)25)14(10-26)11-28/h2-7,12,14,16H,8-11,26H2,1H3/b7-6+. The lowest BCUT2D eigenvalue weighted by atomic mass is 9.85. The van der Waals surface area contributed by atoms with E-state index in [0.717, 1.165) is 16.2 Å². The van der Waals surface area contributed by atoms with Gasteiger partial charge in [-0.1, -0.05) is 12.1 Å². The summed E-state index contributed by atoms with van der Waals surface area (Å²) in [5.74, 6) is -3.83. The first-order valence-electron chi connectivity index (χ1n) is 9.86. The Kier molecular flexibility index (Phi) is 7.29. The van der Waals surface area contributed by atoms with Crippen molar-refractivity contribution in [2.24, 2.45) is 17.6 Å². The SMILES string of the molecule is CC(=O)N(c1nc(/C=C/C(=O)N2CCC(C(F)(F)F)C(CN)C2)cs1)c1ccccc1F. The fourth-order valence-corrected chi connectivity index (χ4v) is 4.51. The van der Waals surface area contributed by atoms with Crippen LogP contribution in [0, 0.1) is 17.7 Å². The van der Waals surface area contributed by atoms with E-state index < -0.39 is 35.6 Å². The van der Waals surface area contributed by atoms with Crippen molar-refractivity contribution in [3.63, 3.8) is 0 Å². The van der Waals surface area contributed by atoms with Crippen LogP contribution < -0.4 is 10.6 Å². The van der Waals surface area contributed by atoms with Gasteiger partial charge in [-0.05, 0) is 31.2 Å². The van der Waals surface area contributed by atoms with Crippen LogP contribution in [0.4, 0.5) is 28.4 Å². The lowest BCUT2D eigenvalue weighted by Crippen LogP contribution is -2.49. The average Bonchev–Trinajstić information content (AvgIpc) is 3.20. The quantitative estimate of drug-likeness (QED) is 0.530. The number of nitrogens with two attached hydrogens (primary N) is 1. The third-order valence-electron chi connectivity index (χ3n) is 5.27. The molecule has 1 aromatic heterocycles. The van der Waals surface area contributed by atoms with Crippen LogP contribution in [0.15, 0.2) is 35.7 Å². The summed E-state index contributed by atoms with van der Waals surface area (Å²) >= 11 is 1.09. The number of para-hydroxylation sites is 1. The molecule has 0 saturated carbocycles. The molecule has 6 nitrogen and oxygen atoms in total. The van der Waals surface area contributed by atoms with Gasteiger partial charge < -0.3 is 10.6 Å². The number of anilines is 2. The Hall–Kier alpha value is -2.79. The van der Waals surface area contributed by atoms with Crippen LogP contribution in [0.5, 0.6) is 0 Å². The molecule has 2 amide bonds. The molecule has 0 spiro atoms. The van der Waals surface area contributed by atoms with Crippen molar-refractivity contribution in [2.45, 2.75) is 19.5 Å². The minimum atomic E-state index is -4.34. The van der Waals surface area contributed by atoms with E-state index in [-0.39, 0.29) is 36.9 Å². The minimum absolute atomic E-state index is 0.0163. The number of alkyl halides is 3. The van der Waals surface area contributed by atoms with E-state index in [1.54, 1.807) is 11.4 Å². The Bertz CT molecular complexity index is 1010. The van der Waals surface area contributed by atoms with Gasteiger partial charge in [0.25, 0.3) is 0 Å². The van der Waals surface area contributed by atoms with Gasteiger partial charge in [0.1, 0.15) is 5.82 Å². The Morgan fingerprint density at radius 3 is 2.69 bits per heavy atom. The predicted molar refractivity (Wildman–Crippen MR) is 114 cm³/mol. The number of nitrogens with zero attached hydrogens (tertiary/aromatic N) is 3. The number of hydrogen-bond acceptors (Lipinski definition) is 5. The highest BCUT2D eigenvalue weighted by molar-refractivity contribution is 7.14. The van der Waals surface area contributed by atoms with Crippen molar-refractivity contribution in [3.05, 3.63) is 47.2 Å². The van der Waals surface area contributed by atoms with E-state index in [9.17, 15) is 27.2 Å². The van der Waals surface area contributed by atoms with Crippen LogP contribution in [0.1, 0.15) is 19.0 Å². The third-order valence-corrected chi connectivity index (χ3v) is 6.12. The molecule has 2 unspecified atom stereocenters. The lowest BCUT2D eigenvalue weighted by molar-refractivity contribution is -0.199. The van der Waals surface area contributed by atoms with E-state index in [1.807, 2.05) is 0 Å². The second-order valence-corrected chi connectivity index (χ2v) is 8.25. The largest absolute Gasteiger partial charge is 0.392 e. The van der Waals surface area contributed by atoms with Crippen molar-refractivity contribution in [2.75, 3.05) is 24.5 Å². The van der Waals surface area contributed by atoms with E-state index in [2.05, 4.69) is 4.98 Å². The molecule has 1 fully saturated rings. The third kappa shape index (κ3) is 5.33. The zero-order valence-electron chi connectivity index (χ0n) is 17.2. The fourth-order valence-electron chi connectivity index (χ4n) is 3.66. The van der Waals surface area contributed by atoms with Crippen LogP contribution in [0.3, 0.4) is 0 Å². The summed E-state index contributed by atoms with van der Waals surface area (Å²) in [5, 5.41) is 1.82. The number of aromatic nitrogens is 1. The summed E-state index contributed by atoms with van der Waals surface area (Å²) in [5.41, 5.74) is 5.93. The highest BCUT2D eigenvalue weighted by Crippen LogP contribution is 2.37. The molecule has 32 heavy (non-hydrogen) atoms. The number of thiazole rings is 1. The van der Waals surface area contributed by atoms with Gasteiger partial charge in [-0.15, -0.1) is 11.3 Å². The number of likely N-dealkylation sites (tertiary alicyclic amines) is 1. The fraction of sp³-hybridized carbons (Fsp3) is 0.381. The monoisotopic (exact) mass is 470 g/mol. The smallest absolute Gasteiger partial charge is 0.339 e. The number of carbonyl (C=O) groups is 2. The number of amides is 2. The number of piperidine rings is 1. The number of carbonyl (C=O) groups excluding carboxylic acids is 2. The number of halogens is 4. The molecule has 1 aliphatic rings. The maximum absolute atomic E-state index is 14.2. The molecule has 172 valence electrons. The summed E-state index contributed by atoms with van der Waals surface area (Å²) in [6.45, 7) is 1.03. The van der Waals surface area contributed by atoms with Crippen LogP contribution in [-0.4, -0.2) is 47.5 Å². The van der Waals surface area contributed by atoms with Gasteiger partial charge in [0.15, 0.2) is 5.13 Å². The Morgan fingerprint density at radius 2 is 2.06 bits per heavy atom. The van der Waals surface area contributed by atoms with Crippen LogP contribution >= 0.6 is 11.3 Å². The molecule has 1 aromatic carbocycles. The van der Waals surface area contributed by atoms with Gasteiger partial charge in [0.05, 0.1) is 17.3 Å². The highest BCUT2D eigenvalue weighted by atomic mass is 32.1. The lowest BCUT2D eigenvalue weighted by Gasteiger charge is -2.38. The van der Waals surface area contributed by atoms with Crippen LogP contribution in [0.25, 0.3) is 6.08 Å². The van der Waals surface area contributed by atoms with Crippen molar-refractivity contribution in [1.29, 1.82) is 0 Å². The highest BCUT2D eigenvalue weighted by Gasteiger charge is 2.46. The van der Waals surface area contributed by atoms with Gasteiger partial charge in [0.2, 0.25) is 11.8 Å². The maximum atomic E-state index is 14.2. The van der Waals surface area contributed by atoms with Gasteiger partial charge in [-0.25, -0.2) is 9.37 Å². The normalized spacial score (nSPS) is 19.4. The zero-order valence-corrected chi connectivity index (χ0v) is 18.0. The van der Waals surface area contributed by atoms with Crippen molar-refractivity contribution < 1.29 is 27.2 Å². The number of rotatable bonds is 5. The van der Waals surface area contributed by atoms with Gasteiger partial charge >= 0.3 is 6.18 Å². The Morgan fingerprint density at radius 1 is 1.34 bits per heavy atom. The van der Waals surface area contributed by atoms with Crippen molar-refractivity contribution >= 4 is 40.0 Å².